The lowest BCUT2D eigenvalue weighted by Crippen LogP contribution is -2.40. The molecule has 0 spiro atoms. The number of hydrogen-bond donors (Lipinski definition) is 0. The zero-order valence-corrected chi connectivity index (χ0v) is 31.3. The second-order valence-electron chi connectivity index (χ2n) is 12.8. The second kappa shape index (κ2) is 15.4. The van der Waals surface area contributed by atoms with E-state index in [4.69, 9.17) is 19.2 Å². The molecule has 1 atom stereocenters. The van der Waals surface area contributed by atoms with E-state index in [1.807, 2.05) is 55.5 Å². The summed E-state index contributed by atoms with van der Waals surface area (Å²) in [7, 11) is 3.16. The third kappa shape index (κ3) is 6.76. The van der Waals surface area contributed by atoms with Crippen LogP contribution in [-0.4, -0.2) is 35.9 Å². The van der Waals surface area contributed by atoms with E-state index < -0.39 is 12.0 Å². The molecule has 4 aromatic carbocycles. The van der Waals surface area contributed by atoms with Gasteiger partial charge in [0, 0.05) is 16.8 Å². The number of thiazole rings is 1. The Bertz CT molecular complexity index is 2490. The SMILES string of the molecule is CCCC1=C(C(=O)OCC)[C@H](c2cc(OC)ccc2OC)n2c(s/c(=C\c3cc(-c4ccccc4)n(-c4ccc(C)cc4)c3-c3ccccc3)c2=O)=N1. The van der Waals surface area contributed by atoms with Crippen molar-refractivity contribution < 1.29 is 19.0 Å². The third-order valence-electron chi connectivity index (χ3n) is 9.35. The van der Waals surface area contributed by atoms with E-state index in [0.717, 1.165) is 45.7 Å². The van der Waals surface area contributed by atoms with Crippen LogP contribution in [0.3, 0.4) is 0 Å². The van der Waals surface area contributed by atoms with Gasteiger partial charge in [0.15, 0.2) is 4.80 Å². The molecule has 0 saturated heterocycles. The number of rotatable bonds is 11. The topological polar surface area (TPSA) is 84.0 Å². The Labute approximate surface area is 312 Å². The molecule has 0 N–H and O–H groups in total. The van der Waals surface area contributed by atoms with E-state index in [9.17, 15) is 9.59 Å². The zero-order valence-electron chi connectivity index (χ0n) is 30.5. The molecule has 0 amide bonds. The van der Waals surface area contributed by atoms with Crippen LogP contribution in [0.5, 0.6) is 11.5 Å². The Morgan fingerprint density at radius 2 is 1.57 bits per heavy atom. The molecule has 8 nitrogen and oxygen atoms in total. The summed E-state index contributed by atoms with van der Waals surface area (Å²) in [6.07, 6.45) is 3.23. The summed E-state index contributed by atoms with van der Waals surface area (Å²) in [4.78, 5) is 34.2. The van der Waals surface area contributed by atoms with Crippen molar-refractivity contribution in [2.75, 3.05) is 20.8 Å². The van der Waals surface area contributed by atoms with Crippen molar-refractivity contribution >= 4 is 23.4 Å². The van der Waals surface area contributed by atoms with Crippen LogP contribution in [0, 0.1) is 6.92 Å². The standard InChI is InChI=1S/C44H41N3O5S/c1-6-14-35-39(43(49)52-7-2)41(34-27-33(50-4)23-24-37(34)51-5)47-42(48)38(53-44(47)45-35)26-31-25-36(29-15-10-8-11-16-29)46(32-21-19-28(3)20-22-32)40(31)30-17-12-9-13-18-30/h8-13,15-27,41H,6-7,14H2,1-5H3/b38-26-/t41-/m0/s1. The van der Waals surface area contributed by atoms with Crippen LogP contribution in [0.25, 0.3) is 34.3 Å². The van der Waals surface area contributed by atoms with E-state index in [-0.39, 0.29) is 12.2 Å². The van der Waals surface area contributed by atoms with Crippen molar-refractivity contribution in [3.63, 3.8) is 0 Å². The first kappa shape index (κ1) is 35.5. The number of ether oxygens (including phenoxy) is 3. The van der Waals surface area contributed by atoms with Crippen molar-refractivity contribution in [3.8, 4) is 39.7 Å². The number of carbonyl (C=O) groups is 1. The number of hydrogen-bond acceptors (Lipinski definition) is 7. The first-order chi connectivity index (χ1) is 25.9. The van der Waals surface area contributed by atoms with Gasteiger partial charge in [-0.15, -0.1) is 0 Å². The van der Waals surface area contributed by atoms with E-state index in [0.29, 0.717) is 44.1 Å². The summed E-state index contributed by atoms with van der Waals surface area (Å²) in [6.45, 7) is 6.06. The highest BCUT2D eigenvalue weighted by Gasteiger charge is 2.36. The van der Waals surface area contributed by atoms with Crippen LogP contribution in [0.1, 0.15) is 49.4 Å². The molecule has 1 aliphatic rings. The van der Waals surface area contributed by atoms with Crippen molar-refractivity contribution in [3.05, 3.63) is 157 Å². The molecule has 6 aromatic rings. The molecule has 0 aliphatic carbocycles. The summed E-state index contributed by atoms with van der Waals surface area (Å²) in [5.74, 6) is 0.565. The summed E-state index contributed by atoms with van der Waals surface area (Å²) in [5, 5.41) is 0. The molecule has 7 rings (SSSR count). The molecule has 9 heteroatoms. The fourth-order valence-corrected chi connectivity index (χ4v) is 7.94. The number of allylic oxidation sites excluding steroid dienone is 1. The van der Waals surface area contributed by atoms with Gasteiger partial charge in [0.2, 0.25) is 0 Å². The lowest BCUT2D eigenvalue weighted by molar-refractivity contribution is -0.139. The lowest BCUT2D eigenvalue weighted by Gasteiger charge is -2.27. The van der Waals surface area contributed by atoms with E-state index >= 15 is 0 Å². The van der Waals surface area contributed by atoms with Crippen LogP contribution in [0.2, 0.25) is 0 Å². The molecule has 1 aliphatic heterocycles. The summed E-state index contributed by atoms with van der Waals surface area (Å²) in [6, 6.07) is 35.6. The average molecular weight is 724 g/mol. The van der Waals surface area contributed by atoms with Gasteiger partial charge in [-0.05, 0) is 73.9 Å². The van der Waals surface area contributed by atoms with Gasteiger partial charge in [0.05, 0.1) is 48.0 Å². The Kier molecular flexibility index (Phi) is 10.3. The smallest absolute Gasteiger partial charge is 0.338 e. The van der Waals surface area contributed by atoms with E-state index in [2.05, 4.69) is 66.1 Å². The molecular formula is C44H41N3O5S. The molecule has 0 saturated carbocycles. The van der Waals surface area contributed by atoms with Crippen LogP contribution in [0.15, 0.2) is 130 Å². The maximum atomic E-state index is 14.9. The number of esters is 1. The minimum Gasteiger partial charge on any atom is -0.497 e. The van der Waals surface area contributed by atoms with Gasteiger partial charge in [0.25, 0.3) is 5.56 Å². The number of carbonyl (C=O) groups excluding carboxylic acids is 1. The molecule has 0 radical (unpaired) electrons. The highest BCUT2D eigenvalue weighted by molar-refractivity contribution is 7.07. The number of aryl methyl sites for hydroxylation is 1. The van der Waals surface area contributed by atoms with Gasteiger partial charge in [-0.2, -0.15) is 0 Å². The van der Waals surface area contributed by atoms with Crippen LogP contribution >= 0.6 is 11.3 Å². The average Bonchev–Trinajstić information content (AvgIpc) is 3.72. The monoisotopic (exact) mass is 723 g/mol. The van der Waals surface area contributed by atoms with Crippen molar-refractivity contribution in [1.29, 1.82) is 0 Å². The number of fused-ring (bicyclic) bond motifs is 1. The molecule has 3 heterocycles. The van der Waals surface area contributed by atoms with E-state index in [1.54, 1.807) is 37.8 Å². The Hall–Kier alpha value is -5.93. The van der Waals surface area contributed by atoms with Gasteiger partial charge in [-0.1, -0.05) is 103 Å². The quantitative estimate of drug-likeness (QED) is 0.127. The first-order valence-electron chi connectivity index (χ1n) is 17.7. The number of nitrogens with zero attached hydrogens (tertiary/aromatic N) is 3. The summed E-state index contributed by atoms with van der Waals surface area (Å²) < 4.78 is 21.4. The highest BCUT2D eigenvalue weighted by atomic mass is 32.1. The lowest BCUT2D eigenvalue weighted by atomic mass is 9.93. The predicted molar refractivity (Wildman–Crippen MR) is 211 cm³/mol. The van der Waals surface area contributed by atoms with Gasteiger partial charge in [0.1, 0.15) is 17.5 Å². The van der Waals surface area contributed by atoms with Crippen molar-refractivity contribution in [2.45, 2.75) is 39.7 Å². The minimum absolute atomic E-state index is 0.179. The molecule has 0 bridgehead atoms. The Morgan fingerprint density at radius 3 is 2.21 bits per heavy atom. The first-order valence-corrected chi connectivity index (χ1v) is 18.6. The third-order valence-corrected chi connectivity index (χ3v) is 10.3. The largest absolute Gasteiger partial charge is 0.497 e. The van der Waals surface area contributed by atoms with Crippen molar-refractivity contribution in [2.24, 2.45) is 4.99 Å². The molecule has 53 heavy (non-hydrogen) atoms. The number of aromatic nitrogens is 2. The van der Waals surface area contributed by atoms with Gasteiger partial charge < -0.3 is 18.8 Å². The fraction of sp³-hybridized carbons (Fsp3) is 0.205. The van der Waals surface area contributed by atoms with Gasteiger partial charge >= 0.3 is 5.97 Å². The predicted octanol–water partition coefficient (Wildman–Crippen LogP) is 8.03. The summed E-state index contributed by atoms with van der Waals surface area (Å²) in [5.41, 5.74) is 8.26. The normalized spacial score (nSPS) is 14.1. The van der Waals surface area contributed by atoms with Crippen LogP contribution < -0.4 is 24.4 Å². The van der Waals surface area contributed by atoms with Gasteiger partial charge in [-0.3, -0.25) is 9.36 Å². The van der Waals surface area contributed by atoms with E-state index in [1.165, 1.54) is 11.3 Å². The summed E-state index contributed by atoms with van der Waals surface area (Å²) >= 11 is 1.31. The highest BCUT2D eigenvalue weighted by Crippen LogP contribution is 2.40. The van der Waals surface area contributed by atoms with Gasteiger partial charge in [-0.25, -0.2) is 9.79 Å². The van der Waals surface area contributed by atoms with Crippen LogP contribution in [-0.2, 0) is 9.53 Å². The van der Waals surface area contributed by atoms with Crippen molar-refractivity contribution in [1.82, 2.24) is 9.13 Å². The fourth-order valence-electron chi connectivity index (χ4n) is 6.92. The number of methoxy groups -OCH3 is 2. The Morgan fingerprint density at radius 1 is 0.868 bits per heavy atom. The van der Waals surface area contributed by atoms with Crippen LogP contribution in [0.4, 0.5) is 0 Å². The molecule has 2 aromatic heterocycles. The second-order valence-corrected chi connectivity index (χ2v) is 13.8. The molecule has 0 fully saturated rings. The minimum atomic E-state index is -0.857. The molecule has 268 valence electrons. The molecular weight excluding hydrogens is 683 g/mol. The number of benzene rings is 4. The maximum absolute atomic E-state index is 14.9. The maximum Gasteiger partial charge on any atom is 0.338 e. The molecule has 0 unspecified atom stereocenters. The Balaban J connectivity index is 1.54. The zero-order chi connectivity index (χ0) is 37.1.